The molecule has 6 heteroatoms. The van der Waals surface area contributed by atoms with Crippen LogP contribution in [0.5, 0.6) is 0 Å². The number of nitrogens with one attached hydrogen (secondary N) is 5. The highest BCUT2D eigenvalue weighted by atomic mass is 16.2. The topological polar surface area (TPSA) is 77.2 Å². The van der Waals surface area contributed by atoms with Crippen molar-refractivity contribution in [3.63, 3.8) is 0 Å². The zero-order chi connectivity index (χ0) is 16.9. The smallest absolute Gasteiger partial charge is 0.242 e. The van der Waals surface area contributed by atoms with Gasteiger partial charge >= 0.3 is 0 Å². The molecule has 3 rings (SSSR count). The zero-order valence-electron chi connectivity index (χ0n) is 14.6. The maximum atomic E-state index is 12.7. The SMILES string of the molecule is Cc1ccc(NC2NNNC2C(=O)NC2CCCCCC2)cc1C. The summed E-state index contributed by atoms with van der Waals surface area (Å²) in [6, 6.07) is 6.20. The number of aryl methyl sites for hydroxylation is 2. The van der Waals surface area contributed by atoms with Gasteiger partial charge in [-0.05, 0) is 49.9 Å². The average molecular weight is 331 g/mol. The molecule has 1 aliphatic carbocycles. The highest BCUT2D eigenvalue weighted by Crippen LogP contribution is 2.18. The molecular weight excluding hydrogens is 302 g/mol. The van der Waals surface area contributed by atoms with E-state index in [4.69, 9.17) is 0 Å². The number of hydrogen-bond donors (Lipinski definition) is 5. The second-order valence-corrected chi connectivity index (χ2v) is 7.01. The van der Waals surface area contributed by atoms with Crippen LogP contribution in [0.15, 0.2) is 18.2 Å². The average Bonchev–Trinajstić information content (AvgIpc) is 2.87. The van der Waals surface area contributed by atoms with Gasteiger partial charge in [0.05, 0.1) is 0 Å². The van der Waals surface area contributed by atoms with Crippen LogP contribution in [0.25, 0.3) is 0 Å². The third-order valence-corrected chi connectivity index (χ3v) is 5.10. The first kappa shape index (κ1) is 17.2. The van der Waals surface area contributed by atoms with Crippen LogP contribution in [0, 0.1) is 13.8 Å². The second kappa shape index (κ2) is 7.96. The second-order valence-electron chi connectivity index (χ2n) is 7.01. The quantitative estimate of drug-likeness (QED) is 0.545. The summed E-state index contributed by atoms with van der Waals surface area (Å²) in [6.07, 6.45) is 6.98. The minimum Gasteiger partial charge on any atom is -0.367 e. The summed E-state index contributed by atoms with van der Waals surface area (Å²) in [5.41, 5.74) is 12.5. The Labute approximate surface area is 144 Å². The molecule has 0 aromatic heterocycles. The highest BCUT2D eigenvalue weighted by Gasteiger charge is 2.33. The Morgan fingerprint density at radius 3 is 2.50 bits per heavy atom. The maximum absolute atomic E-state index is 12.7. The van der Waals surface area contributed by atoms with Gasteiger partial charge in [0.1, 0.15) is 12.2 Å². The van der Waals surface area contributed by atoms with Crippen molar-refractivity contribution in [1.29, 1.82) is 0 Å². The number of amides is 1. The van der Waals surface area contributed by atoms with E-state index in [9.17, 15) is 4.79 Å². The van der Waals surface area contributed by atoms with Crippen molar-refractivity contribution in [3.8, 4) is 0 Å². The van der Waals surface area contributed by atoms with E-state index < -0.39 is 0 Å². The summed E-state index contributed by atoms with van der Waals surface area (Å²) in [7, 11) is 0. The van der Waals surface area contributed by atoms with Gasteiger partial charge in [-0.1, -0.05) is 31.7 Å². The first-order valence-corrected chi connectivity index (χ1v) is 9.04. The molecule has 2 aliphatic rings. The minimum atomic E-state index is -0.352. The standard InChI is InChI=1S/C18H29N5O/c1-12-9-10-15(11-13(12)2)19-17-16(21-23-22-17)18(24)20-14-7-5-3-4-6-8-14/h9-11,14,16-17,19,21-23H,3-8H2,1-2H3,(H,20,24). The maximum Gasteiger partial charge on any atom is 0.242 e. The number of hydrazine groups is 2. The normalized spacial score (nSPS) is 25.2. The number of anilines is 1. The van der Waals surface area contributed by atoms with E-state index in [0.717, 1.165) is 18.5 Å². The number of carbonyl (C=O) groups excluding carboxylic acids is 1. The van der Waals surface area contributed by atoms with Crippen LogP contribution in [0.3, 0.4) is 0 Å². The zero-order valence-corrected chi connectivity index (χ0v) is 14.6. The lowest BCUT2D eigenvalue weighted by Crippen LogP contribution is -2.52. The number of rotatable bonds is 4. The molecule has 1 saturated heterocycles. The molecule has 0 bridgehead atoms. The fourth-order valence-corrected chi connectivity index (χ4v) is 3.43. The van der Waals surface area contributed by atoms with Crippen molar-refractivity contribution in [2.24, 2.45) is 0 Å². The Morgan fingerprint density at radius 1 is 1.04 bits per heavy atom. The van der Waals surface area contributed by atoms with E-state index in [0.29, 0.717) is 6.04 Å². The lowest BCUT2D eigenvalue weighted by molar-refractivity contribution is -0.123. The minimum absolute atomic E-state index is 0.0423. The molecule has 1 aromatic carbocycles. The van der Waals surface area contributed by atoms with E-state index in [1.807, 2.05) is 6.07 Å². The molecule has 24 heavy (non-hydrogen) atoms. The van der Waals surface area contributed by atoms with Crippen molar-refractivity contribution >= 4 is 11.6 Å². The van der Waals surface area contributed by atoms with Gasteiger partial charge in [0, 0.05) is 11.7 Å². The molecular formula is C18H29N5O. The molecule has 2 atom stereocenters. The molecule has 1 aromatic rings. The third-order valence-electron chi connectivity index (χ3n) is 5.10. The fourth-order valence-electron chi connectivity index (χ4n) is 3.43. The van der Waals surface area contributed by atoms with Crippen molar-refractivity contribution in [3.05, 3.63) is 29.3 Å². The van der Waals surface area contributed by atoms with Gasteiger partial charge in [-0.2, -0.15) is 5.53 Å². The van der Waals surface area contributed by atoms with E-state index in [-0.39, 0.29) is 18.1 Å². The summed E-state index contributed by atoms with van der Waals surface area (Å²) in [5.74, 6) is 0.0423. The van der Waals surface area contributed by atoms with Crippen LogP contribution >= 0.6 is 0 Å². The van der Waals surface area contributed by atoms with Gasteiger partial charge in [-0.15, -0.1) is 0 Å². The van der Waals surface area contributed by atoms with Gasteiger partial charge in [-0.25, -0.2) is 10.9 Å². The number of benzene rings is 1. The molecule has 2 fully saturated rings. The Kier molecular flexibility index (Phi) is 5.71. The van der Waals surface area contributed by atoms with Gasteiger partial charge in [0.2, 0.25) is 5.91 Å². The van der Waals surface area contributed by atoms with E-state index in [1.54, 1.807) is 0 Å². The molecule has 2 unspecified atom stereocenters. The molecule has 5 N–H and O–H groups in total. The fraction of sp³-hybridized carbons (Fsp3) is 0.611. The summed E-state index contributed by atoms with van der Waals surface area (Å²) in [5, 5.41) is 6.61. The molecule has 0 spiro atoms. The van der Waals surface area contributed by atoms with Crippen molar-refractivity contribution in [1.82, 2.24) is 21.7 Å². The van der Waals surface area contributed by atoms with Crippen molar-refractivity contribution < 1.29 is 4.79 Å². The summed E-state index contributed by atoms with van der Waals surface area (Å²) in [4.78, 5) is 12.7. The first-order chi connectivity index (χ1) is 11.6. The first-order valence-electron chi connectivity index (χ1n) is 9.04. The van der Waals surface area contributed by atoms with Crippen LogP contribution in [0.4, 0.5) is 5.69 Å². The predicted molar refractivity (Wildman–Crippen MR) is 96.2 cm³/mol. The van der Waals surface area contributed by atoms with E-state index in [2.05, 4.69) is 53.0 Å². The van der Waals surface area contributed by atoms with E-state index >= 15 is 0 Å². The Balaban J connectivity index is 1.59. The molecule has 6 nitrogen and oxygen atoms in total. The lowest BCUT2D eigenvalue weighted by atomic mass is 10.1. The monoisotopic (exact) mass is 331 g/mol. The predicted octanol–water partition coefficient (Wildman–Crippen LogP) is 1.86. The van der Waals surface area contributed by atoms with Crippen LogP contribution < -0.4 is 27.0 Å². The number of hydrogen-bond acceptors (Lipinski definition) is 5. The highest BCUT2D eigenvalue weighted by molar-refractivity contribution is 5.83. The van der Waals surface area contributed by atoms with Crippen LogP contribution in [0.1, 0.15) is 49.7 Å². The molecule has 1 amide bonds. The Bertz CT molecular complexity index is 569. The molecule has 0 radical (unpaired) electrons. The van der Waals surface area contributed by atoms with E-state index in [1.165, 1.54) is 36.8 Å². The molecule has 1 heterocycles. The van der Waals surface area contributed by atoms with Gasteiger partial charge in [0.25, 0.3) is 0 Å². The van der Waals surface area contributed by atoms with Crippen LogP contribution in [0.2, 0.25) is 0 Å². The molecule has 1 aliphatic heterocycles. The van der Waals surface area contributed by atoms with Crippen molar-refractivity contribution in [2.75, 3.05) is 5.32 Å². The van der Waals surface area contributed by atoms with Gasteiger partial charge in [-0.3, -0.25) is 4.79 Å². The van der Waals surface area contributed by atoms with Crippen LogP contribution in [-0.2, 0) is 4.79 Å². The van der Waals surface area contributed by atoms with Crippen LogP contribution in [-0.4, -0.2) is 24.2 Å². The van der Waals surface area contributed by atoms with Gasteiger partial charge in [0.15, 0.2) is 0 Å². The summed E-state index contributed by atoms with van der Waals surface area (Å²) >= 11 is 0. The molecule has 132 valence electrons. The lowest BCUT2D eigenvalue weighted by Gasteiger charge is -2.23. The van der Waals surface area contributed by atoms with Gasteiger partial charge < -0.3 is 10.6 Å². The molecule has 1 saturated carbocycles. The number of carbonyl (C=O) groups is 1. The summed E-state index contributed by atoms with van der Waals surface area (Å²) in [6.45, 7) is 4.19. The summed E-state index contributed by atoms with van der Waals surface area (Å²) < 4.78 is 0. The Hall–Kier alpha value is -1.63. The third kappa shape index (κ3) is 4.26. The Morgan fingerprint density at radius 2 is 1.79 bits per heavy atom. The largest absolute Gasteiger partial charge is 0.367 e. The van der Waals surface area contributed by atoms with Crippen molar-refractivity contribution in [2.45, 2.75) is 70.6 Å².